The first kappa shape index (κ1) is 24.8. The fraction of sp³-hybridized carbons (Fsp3) is 0.200. The molecular formula is C30H32SiTe2. The van der Waals surface area contributed by atoms with Crippen molar-refractivity contribution >= 4 is 61.0 Å². The second-order valence-electron chi connectivity index (χ2n) is 8.99. The zero-order valence-electron chi connectivity index (χ0n) is 20.4. The van der Waals surface area contributed by atoms with Gasteiger partial charge in [-0.05, 0) is 0 Å². The molecule has 0 atom stereocenters. The Kier molecular flexibility index (Phi) is 7.90. The molecule has 0 unspecified atom stereocenters. The Morgan fingerprint density at radius 1 is 0.455 bits per heavy atom. The van der Waals surface area contributed by atoms with Crippen LogP contribution in [0.5, 0.6) is 0 Å². The van der Waals surface area contributed by atoms with Gasteiger partial charge in [-0.25, -0.2) is 0 Å². The van der Waals surface area contributed by atoms with E-state index >= 15 is 0 Å². The van der Waals surface area contributed by atoms with E-state index in [1.165, 1.54) is 33.4 Å². The molecule has 4 aromatic rings. The summed E-state index contributed by atoms with van der Waals surface area (Å²) in [6.45, 7) is 14.0. The van der Waals surface area contributed by atoms with Crippen molar-refractivity contribution in [3.05, 3.63) is 118 Å². The molecular weight excluding hydrogens is 644 g/mol. The van der Waals surface area contributed by atoms with Gasteiger partial charge in [0.25, 0.3) is 0 Å². The number of hydrogen-bond donors (Lipinski definition) is 0. The molecule has 0 fully saturated rings. The second-order valence-corrected chi connectivity index (χ2v) is 35.8. The summed E-state index contributed by atoms with van der Waals surface area (Å²) in [5.74, 6) is 0. The van der Waals surface area contributed by atoms with Crippen LogP contribution in [0.2, 0.25) is 0 Å². The predicted octanol–water partition coefficient (Wildman–Crippen LogP) is 4.15. The third kappa shape index (κ3) is 5.35. The van der Waals surface area contributed by atoms with Crippen LogP contribution in [-0.4, -0.2) is 43.4 Å². The van der Waals surface area contributed by atoms with Gasteiger partial charge < -0.3 is 0 Å². The zero-order chi connectivity index (χ0) is 23.6. The van der Waals surface area contributed by atoms with Gasteiger partial charge in [-0.3, -0.25) is 0 Å². The average Bonchev–Trinajstić information content (AvgIpc) is 2.73. The fourth-order valence-corrected chi connectivity index (χ4v) is 46.3. The van der Waals surface area contributed by atoms with E-state index in [0.717, 1.165) is 0 Å². The van der Waals surface area contributed by atoms with Crippen LogP contribution in [0.3, 0.4) is 0 Å². The van der Waals surface area contributed by atoms with Crippen molar-refractivity contribution in [1.82, 2.24) is 0 Å². The zero-order valence-corrected chi connectivity index (χ0v) is 26.1. The molecule has 0 spiro atoms. The average molecular weight is 676 g/mol. The molecule has 0 saturated carbocycles. The van der Waals surface area contributed by atoms with Gasteiger partial charge in [-0.1, -0.05) is 0 Å². The summed E-state index contributed by atoms with van der Waals surface area (Å²) < 4.78 is 1.22. The number of rotatable bonds is 6. The van der Waals surface area contributed by atoms with Crippen LogP contribution >= 0.6 is 0 Å². The summed E-state index contributed by atoms with van der Waals surface area (Å²) >= 11 is -0.895. The molecule has 168 valence electrons. The van der Waals surface area contributed by atoms with Crippen molar-refractivity contribution < 1.29 is 0 Å². The quantitative estimate of drug-likeness (QED) is 0.270. The van der Waals surface area contributed by atoms with E-state index in [4.69, 9.17) is 0 Å². The van der Waals surface area contributed by atoms with Crippen molar-refractivity contribution in [3.63, 3.8) is 0 Å². The molecule has 0 aliphatic rings. The molecule has 4 rings (SSSR count). The van der Waals surface area contributed by atoms with Crippen molar-refractivity contribution in [1.29, 1.82) is 0 Å². The number of benzene rings is 4. The Labute approximate surface area is 219 Å². The summed E-state index contributed by atoms with van der Waals surface area (Å²) in [7, 11) is 0. The molecule has 0 aromatic heterocycles. The van der Waals surface area contributed by atoms with Gasteiger partial charge in [0.05, 0.1) is 0 Å². The summed E-state index contributed by atoms with van der Waals surface area (Å²) in [4.78, 5) is 0. The maximum absolute atomic E-state index is 2.44. The first-order chi connectivity index (χ1) is 15.8. The van der Waals surface area contributed by atoms with E-state index in [-0.39, 0.29) is 0 Å². The SMILES string of the molecule is Cc1cc(C)c([Si]([Te]c2ccccc2)([Te]c2ccccc2)c2c(C)cc(C)cc2C)c(C)c1. The Balaban J connectivity index is 2.10. The molecule has 0 amide bonds. The minimum absolute atomic E-state index is 0.448. The van der Waals surface area contributed by atoms with Gasteiger partial charge in [-0.2, -0.15) is 0 Å². The first-order valence-electron chi connectivity index (χ1n) is 11.4. The van der Waals surface area contributed by atoms with Crippen molar-refractivity contribution in [2.45, 2.75) is 41.5 Å². The molecule has 0 nitrogen and oxygen atoms in total. The van der Waals surface area contributed by atoms with E-state index in [9.17, 15) is 0 Å². The van der Waals surface area contributed by atoms with Crippen molar-refractivity contribution in [3.8, 4) is 0 Å². The summed E-state index contributed by atoms with van der Waals surface area (Å²) in [5, 5.41) is 3.47. The van der Waals surface area contributed by atoms with Crippen LogP contribution < -0.4 is 17.6 Å². The molecule has 0 aliphatic heterocycles. The van der Waals surface area contributed by atoms with Crippen LogP contribution in [0.25, 0.3) is 0 Å². The third-order valence-electron chi connectivity index (χ3n) is 6.02. The molecule has 0 radical (unpaired) electrons. The van der Waals surface area contributed by atoms with E-state index in [1.54, 1.807) is 17.6 Å². The molecule has 0 aliphatic carbocycles. The molecule has 0 N–H and O–H groups in total. The third-order valence-corrected chi connectivity index (χ3v) is 37.0. The van der Waals surface area contributed by atoms with E-state index in [0.29, 0.717) is 0 Å². The molecule has 4 aromatic carbocycles. The number of hydrogen-bond acceptors (Lipinski definition) is 0. The summed E-state index contributed by atoms with van der Waals surface area (Å²) in [6.07, 6.45) is 0. The maximum atomic E-state index is 2.44. The second kappa shape index (κ2) is 10.5. The van der Waals surface area contributed by atoms with E-state index in [2.05, 4.69) is 126 Å². The number of aryl methyl sites for hydroxylation is 6. The Bertz CT molecular complexity index is 1120. The van der Waals surface area contributed by atoms with Gasteiger partial charge in [-0.15, -0.1) is 0 Å². The molecule has 3 heteroatoms. The normalized spacial score (nSPS) is 11.6. The van der Waals surface area contributed by atoms with Crippen LogP contribution in [-0.2, 0) is 0 Å². The van der Waals surface area contributed by atoms with Crippen LogP contribution in [0.4, 0.5) is 0 Å². The Morgan fingerprint density at radius 3 is 1.06 bits per heavy atom. The van der Waals surface area contributed by atoms with Gasteiger partial charge in [0.1, 0.15) is 0 Å². The topological polar surface area (TPSA) is 0 Å². The fourth-order valence-electron chi connectivity index (χ4n) is 5.06. The van der Waals surface area contributed by atoms with Crippen molar-refractivity contribution in [2.24, 2.45) is 0 Å². The van der Waals surface area contributed by atoms with E-state index in [1.807, 2.05) is 0 Å². The molecule has 0 saturated heterocycles. The van der Waals surface area contributed by atoms with Gasteiger partial charge >= 0.3 is 221 Å². The standard InChI is InChI=1S/C30H32SiTe2/c1-21-17-23(3)29(24(4)18-21)31(32-27-13-9-7-10-14-27,33-28-15-11-8-12-16-28)30-25(5)19-22(2)20-26(30)6/h7-20H,1-6H3. The predicted molar refractivity (Wildman–Crippen MR) is 150 cm³/mol. The van der Waals surface area contributed by atoms with Gasteiger partial charge in [0.2, 0.25) is 0 Å². The summed E-state index contributed by atoms with van der Waals surface area (Å²) in [6, 6.07) is 32.7. The monoisotopic (exact) mass is 680 g/mol. The Morgan fingerprint density at radius 2 is 0.758 bits per heavy atom. The van der Waals surface area contributed by atoms with Crippen LogP contribution in [0.15, 0.2) is 84.9 Å². The molecule has 33 heavy (non-hydrogen) atoms. The minimum atomic E-state index is -1.99. The van der Waals surface area contributed by atoms with E-state index < -0.39 is 43.4 Å². The van der Waals surface area contributed by atoms with Crippen LogP contribution in [0, 0.1) is 41.5 Å². The van der Waals surface area contributed by atoms with Gasteiger partial charge in [0.15, 0.2) is 0 Å². The Hall–Kier alpha value is -1.32. The molecule has 0 bridgehead atoms. The molecule has 0 heterocycles. The van der Waals surface area contributed by atoms with Gasteiger partial charge in [0, 0.05) is 0 Å². The first-order valence-corrected chi connectivity index (χ1v) is 22.6. The van der Waals surface area contributed by atoms with Crippen molar-refractivity contribution in [2.75, 3.05) is 0 Å². The van der Waals surface area contributed by atoms with Crippen LogP contribution in [0.1, 0.15) is 33.4 Å². The summed E-state index contributed by atoms with van der Waals surface area (Å²) in [5.41, 5.74) is 8.83.